The summed E-state index contributed by atoms with van der Waals surface area (Å²) in [6, 6.07) is 4.17. The molecule has 1 aromatic rings. The van der Waals surface area contributed by atoms with Gasteiger partial charge in [-0.2, -0.15) is 0 Å². The van der Waals surface area contributed by atoms with E-state index in [9.17, 15) is 9.18 Å². The molecule has 0 unspecified atom stereocenters. The minimum absolute atomic E-state index is 0.102. The average molecular weight is 213 g/mol. The third-order valence-corrected chi connectivity index (χ3v) is 1.79. The monoisotopic (exact) mass is 213 g/mol. The maximum Gasteiger partial charge on any atom is 0.335 e. The van der Waals surface area contributed by atoms with E-state index in [1.807, 2.05) is 0 Å². The van der Waals surface area contributed by atoms with E-state index in [1.54, 1.807) is 0 Å². The van der Waals surface area contributed by atoms with Gasteiger partial charge in [-0.1, -0.05) is 0 Å². The second kappa shape index (κ2) is 5.19. The summed E-state index contributed by atoms with van der Waals surface area (Å²) >= 11 is 0. The Morgan fingerprint density at radius 3 is 2.80 bits per heavy atom. The Labute approximate surface area is 86.5 Å². The number of aromatic carboxylic acids is 1. The lowest BCUT2D eigenvalue weighted by Crippen LogP contribution is -2.03. The number of carbonyl (C=O) groups is 1. The highest BCUT2D eigenvalue weighted by atomic mass is 19.1. The SMILES string of the molecule is Nc1cc(C(=O)O)ccc1OCCCF. The molecular formula is C10H12FNO3. The van der Waals surface area contributed by atoms with Crippen LogP contribution in [0.3, 0.4) is 0 Å². The number of carboxylic acid groups (broad SMARTS) is 1. The van der Waals surface area contributed by atoms with Gasteiger partial charge >= 0.3 is 5.97 Å². The Kier molecular flexibility index (Phi) is 3.91. The van der Waals surface area contributed by atoms with E-state index in [0.29, 0.717) is 12.2 Å². The number of ether oxygens (including phenoxy) is 1. The molecule has 0 amide bonds. The van der Waals surface area contributed by atoms with Gasteiger partial charge in [0.05, 0.1) is 24.5 Å². The molecule has 0 aliphatic rings. The van der Waals surface area contributed by atoms with E-state index in [2.05, 4.69) is 0 Å². The van der Waals surface area contributed by atoms with Gasteiger partial charge in [0.15, 0.2) is 0 Å². The van der Waals surface area contributed by atoms with Crippen LogP contribution >= 0.6 is 0 Å². The summed E-state index contributed by atoms with van der Waals surface area (Å²) in [7, 11) is 0. The van der Waals surface area contributed by atoms with E-state index in [-0.39, 0.29) is 17.9 Å². The molecule has 0 spiro atoms. The van der Waals surface area contributed by atoms with Crippen LogP contribution in [0.4, 0.5) is 10.1 Å². The van der Waals surface area contributed by atoms with Crippen LogP contribution in [0.15, 0.2) is 18.2 Å². The van der Waals surface area contributed by atoms with E-state index < -0.39 is 12.6 Å². The summed E-state index contributed by atoms with van der Waals surface area (Å²) in [4.78, 5) is 10.6. The van der Waals surface area contributed by atoms with Crippen molar-refractivity contribution in [1.29, 1.82) is 0 Å². The van der Waals surface area contributed by atoms with Crippen molar-refractivity contribution in [1.82, 2.24) is 0 Å². The molecule has 1 aromatic carbocycles. The maximum atomic E-state index is 11.8. The van der Waals surface area contributed by atoms with E-state index in [0.717, 1.165) is 0 Å². The predicted octanol–water partition coefficient (Wildman–Crippen LogP) is 1.71. The minimum Gasteiger partial charge on any atom is -0.491 e. The third-order valence-electron chi connectivity index (χ3n) is 1.79. The first-order chi connectivity index (χ1) is 7.15. The van der Waals surface area contributed by atoms with Crippen LogP contribution in [0.25, 0.3) is 0 Å². The Hall–Kier alpha value is -1.78. The van der Waals surface area contributed by atoms with Crippen LogP contribution in [0.2, 0.25) is 0 Å². The lowest BCUT2D eigenvalue weighted by Gasteiger charge is -2.08. The fourth-order valence-corrected chi connectivity index (χ4v) is 1.05. The quantitative estimate of drug-likeness (QED) is 0.576. The highest BCUT2D eigenvalue weighted by Gasteiger charge is 2.06. The van der Waals surface area contributed by atoms with Crippen LogP contribution in [0.1, 0.15) is 16.8 Å². The average Bonchev–Trinajstić information content (AvgIpc) is 2.20. The molecule has 15 heavy (non-hydrogen) atoms. The molecule has 0 atom stereocenters. The first kappa shape index (κ1) is 11.3. The molecule has 0 bridgehead atoms. The normalized spacial score (nSPS) is 9.93. The van der Waals surface area contributed by atoms with Crippen molar-refractivity contribution in [3.8, 4) is 5.75 Å². The zero-order chi connectivity index (χ0) is 11.3. The Morgan fingerprint density at radius 1 is 1.53 bits per heavy atom. The molecule has 4 nitrogen and oxygen atoms in total. The second-order valence-electron chi connectivity index (χ2n) is 2.95. The molecule has 0 aliphatic carbocycles. The summed E-state index contributed by atoms with van der Waals surface area (Å²) in [5.74, 6) is -0.662. The molecule has 3 N–H and O–H groups in total. The molecule has 1 rings (SSSR count). The number of anilines is 1. The lowest BCUT2D eigenvalue weighted by atomic mass is 10.2. The summed E-state index contributed by atoms with van der Waals surface area (Å²) in [5, 5.41) is 8.67. The van der Waals surface area contributed by atoms with Crippen LogP contribution in [-0.2, 0) is 0 Å². The number of rotatable bonds is 5. The Morgan fingerprint density at radius 2 is 2.27 bits per heavy atom. The van der Waals surface area contributed by atoms with Gasteiger partial charge in [-0.25, -0.2) is 4.79 Å². The number of benzene rings is 1. The number of hydrogen-bond acceptors (Lipinski definition) is 3. The molecule has 0 fully saturated rings. The molecule has 0 heterocycles. The van der Waals surface area contributed by atoms with Crippen LogP contribution in [0, 0.1) is 0 Å². The lowest BCUT2D eigenvalue weighted by molar-refractivity contribution is 0.0697. The topological polar surface area (TPSA) is 72.6 Å². The molecule has 82 valence electrons. The minimum atomic E-state index is -1.04. The first-order valence-corrected chi connectivity index (χ1v) is 4.46. The van der Waals surface area contributed by atoms with E-state index in [1.165, 1.54) is 18.2 Å². The fraction of sp³-hybridized carbons (Fsp3) is 0.300. The van der Waals surface area contributed by atoms with Gasteiger partial charge < -0.3 is 15.6 Å². The Bertz CT molecular complexity index is 355. The van der Waals surface area contributed by atoms with Crippen molar-refractivity contribution in [3.63, 3.8) is 0 Å². The molecule has 0 radical (unpaired) electrons. The summed E-state index contributed by atoms with van der Waals surface area (Å²) < 4.78 is 16.9. The van der Waals surface area contributed by atoms with Gasteiger partial charge in [-0.15, -0.1) is 0 Å². The molecule has 5 heteroatoms. The van der Waals surface area contributed by atoms with Crippen molar-refractivity contribution in [2.75, 3.05) is 19.0 Å². The zero-order valence-electron chi connectivity index (χ0n) is 8.07. The van der Waals surface area contributed by atoms with Gasteiger partial charge in [-0.05, 0) is 18.2 Å². The van der Waals surface area contributed by atoms with Crippen LogP contribution < -0.4 is 10.5 Å². The van der Waals surface area contributed by atoms with Gasteiger partial charge in [0.25, 0.3) is 0 Å². The highest BCUT2D eigenvalue weighted by molar-refractivity contribution is 5.89. The summed E-state index contributed by atoms with van der Waals surface area (Å²) in [5.41, 5.74) is 5.91. The largest absolute Gasteiger partial charge is 0.491 e. The number of carboxylic acids is 1. The smallest absolute Gasteiger partial charge is 0.335 e. The maximum absolute atomic E-state index is 11.8. The van der Waals surface area contributed by atoms with Gasteiger partial charge in [0, 0.05) is 6.42 Å². The van der Waals surface area contributed by atoms with Gasteiger partial charge in [-0.3, -0.25) is 4.39 Å². The summed E-state index contributed by atoms with van der Waals surface area (Å²) in [6.07, 6.45) is 0.292. The number of halogens is 1. The number of alkyl halides is 1. The van der Waals surface area contributed by atoms with Crippen LogP contribution in [-0.4, -0.2) is 24.4 Å². The van der Waals surface area contributed by atoms with Crippen molar-refractivity contribution < 1.29 is 19.0 Å². The molecular weight excluding hydrogens is 201 g/mol. The van der Waals surface area contributed by atoms with Gasteiger partial charge in [0.2, 0.25) is 0 Å². The number of hydrogen-bond donors (Lipinski definition) is 2. The van der Waals surface area contributed by atoms with Crippen molar-refractivity contribution in [2.24, 2.45) is 0 Å². The summed E-state index contributed by atoms with van der Waals surface area (Å²) in [6.45, 7) is -0.222. The highest BCUT2D eigenvalue weighted by Crippen LogP contribution is 2.22. The van der Waals surface area contributed by atoms with Crippen molar-refractivity contribution >= 4 is 11.7 Å². The first-order valence-electron chi connectivity index (χ1n) is 4.46. The molecule has 0 aliphatic heterocycles. The fourth-order valence-electron chi connectivity index (χ4n) is 1.05. The van der Waals surface area contributed by atoms with Crippen molar-refractivity contribution in [3.05, 3.63) is 23.8 Å². The zero-order valence-corrected chi connectivity index (χ0v) is 8.07. The predicted molar refractivity (Wildman–Crippen MR) is 53.9 cm³/mol. The Balaban J connectivity index is 2.70. The standard InChI is InChI=1S/C10H12FNO3/c11-4-1-5-15-9-3-2-7(10(13)14)6-8(9)12/h2-3,6H,1,4-5,12H2,(H,13,14). The number of nitrogen functional groups attached to an aromatic ring is 1. The third kappa shape index (κ3) is 3.12. The van der Waals surface area contributed by atoms with Crippen molar-refractivity contribution in [2.45, 2.75) is 6.42 Å². The van der Waals surface area contributed by atoms with E-state index >= 15 is 0 Å². The molecule has 0 saturated heterocycles. The molecule has 0 aromatic heterocycles. The van der Waals surface area contributed by atoms with Gasteiger partial charge in [0.1, 0.15) is 5.75 Å². The number of nitrogens with two attached hydrogens (primary N) is 1. The van der Waals surface area contributed by atoms with E-state index in [4.69, 9.17) is 15.6 Å². The van der Waals surface area contributed by atoms with Crippen LogP contribution in [0.5, 0.6) is 5.75 Å². The second-order valence-corrected chi connectivity index (χ2v) is 2.95. The molecule has 0 saturated carbocycles.